The zero-order valence-corrected chi connectivity index (χ0v) is 14.1. The first-order valence-corrected chi connectivity index (χ1v) is 8.92. The standard InChI is InChI=1S/C19H27N3O/c1-15-7-6-12-22-14-17(21-19(15)22)13-18(23)20-11-5-10-16-8-3-2-4-9-16/h6-7,12,14,16H,2-5,8-11,13H2,1H3,(H,20,23). The maximum absolute atomic E-state index is 12.1. The Morgan fingerprint density at radius 1 is 1.35 bits per heavy atom. The molecule has 0 saturated heterocycles. The maximum atomic E-state index is 12.1. The molecule has 0 spiro atoms. The smallest absolute Gasteiger partial charge is 0.226 e. The van der Waals surface area contributed by atoms with Crippen molar-refractivity contribution >= 4 is 11.6 Å². The van der Waals surface area contributed by atoms with E-state index in [1.54, 1.807) is 0 Å². The number of aromatic nitrogens is 2. The van der Waals surface area contributed by atoms with Crippen molar-refractivity contribution in [3.63, 3.8) is 0 Å². The lowest BCUT2D eigenvalue weighted by atomic mass is 9.86. The van der Waals surface area contributed by atoms with Crippen LogP contribution in [0.4, 0.5) is 0 Å². The van der Waals surface area contributed by atoms with Crippen LogP contribution in [0.2, 0.25) is 0 Å². The predicted octanol–water partition coefficient (Wildman–Crippen LogP) is 3.66. The topological polar surface area (TPSA) is 46.4 Å². The van der Waals surface area contributed by atoms with Crippen LogP contribution >= 0.6 is 0 Å². The Hall–Kier alpha value is -1.84. The van der Waals surface area contributed by atoms with Crippen LogP contribution in [0.25, 0.3) is 5.65 Å². The lowest BCUT2D eigenvalue weighted by Gasteiger charge is -2.21. The average molecular weight is 313 g/mol. The van der Waals surface area contributed by atoms with Gasteiger partial charge in [-0.3, -0.25) is 4.79 Å². The molecule has 3 rings (SSSR count). The minimum Gasteiger partial charge on any atom is -0.356 e. The van der Waals surface area contributed by atoms with Crippen molar-refractivity contribution in [2.45, 2.75) is 58.3 Å². The number of imidazole rings is 1. The molecule has 124 valence electrons. The Morgan fingerprint density at radius 3 is 2.96 bits per heavy atom. The first-order valence-electron chi connectivity index (χ1n) is 8.92. The summed E-state index contributed by atoms with van der Waals surface area (Å²) in [5, 5.41) is 3.04. The number of nitrogens with one attached hydrogen (secondary N) is 1. The Balaban J connectivity index is 1.42. The van der Waals surface area contributed by atoms with Gasteiger partial charge in [0.05, 0.1) is 12.1 Å². The molecule has 0 unspecified atom stereocenters. The SMILES string of the molecule is Cc1cccn2cc(CC(=O)NCCCC3CCCCC3)nc12. The quantitative estimate of drug-likeness (QED) is 0.827. The van der Waals surface area contributed by atoms with Crippen LogP contribution in [-0.4, -0.2) is 21.8 Å². The van der Waals surface area contributed by atoms with Gasteiger partial charge in [-0.15, -0.1) is 0 Å². The van der Waals surface area contributed by atoms with E-state index >= 15 is 0 Å². The summed E-state index contributed by atoms with van der Waals surface area (Å²) in [6.45, 7) is 2.83. The molecule has 1 fully saturated rings. The molecule has 1 aliphatic rings. The summed E-state index contributed by atoms with van der Waals surface area (Å²) < 4.78 is 1.99. The van der Waals surface area contributed by atoms with Crippen LogP contribution in [0.3, 0.4) is 0 Å². The van der Waals surface area contributed by atoms with Crippen LogP contribution in [0.15, 0.2) is 24.5 Å². The highest BCUT2D eigenvalue weighted by Crippen LogP contribution is 2.26. The Labute approximate surface area is 138 Å². The molecule has 1 amide bonds. The number of carbonyl (C=O) groups is 1. The number of nitrogens with zero attached hydrogens (tertiary/aromatic N) is 2. The number of fused-ring (bicyclic) bond motifs is 1. The highest BCUT2D eigenvalue weighted by Gasteiger charge is 2.13. The fourth-order valence-electron chi connectivity index (χ4n) is 3.61. The van der Waals surface area contributed by atoms with Crippen LogP contribution in [-0.2, 0) is 11.2 Å². The summed E-state index contributed by atoms with van der Waals surface area (Å²) in [5.41, 5.74) is 2.91. The van der Waals surface area contributed by atoms with Crippen LogP contribution in [0.1, 0.15) is 56.2 Å². The third kappa shape index (κ3) is 4.34. The number of hydrogen-bond acceptors (Lipinski definition) is 2. The van der Waals surface area contributed by atoms with Crippen molar-refractivity contribution in [2.75, 3.05) is 6.54 Å². The van der Waals surface area contributed by atoms with E-state index in [0.717, 1.165) is 35.8 Å². The second-order valence-electron chi connectivity index (χ2n) is 6.83. The number of pyridine rings is 1. The number of carbonyl (C=O) groups excluding carboxylic acids is 1. The third-order valence-electron chi connectivity index (χ3n) is 4.91. The van der Waals surface area contributed by atoms with E-state index in [2.05, 4.69) is 10.3 Å². The average Bonchev–Trinajstić information content (AvgIpc) is 2.96. The largest absolute Gasteiger partial charge is 0.356 e. The van der Waals surface area contributed by atoms with Crippen molar-refractivity contribution in [1.82, 2.24) is 14.7 Å². The second-order valence-corrected chi connectivity index (χ2v) is 6.83. The van der Waals surface area contributed by atoms with E-state index < -0.39 is 0 Å². The molecule has 2 heterocycles. The normalized spacial score (nSPS) is 15.9. The molecule has 1 saturated carbocycles. The van der Waals surface area contributed by atoms with E-state index in [-0.39, 0.29) is 5.91 Å². The number of rotatable bonds is 6. The van der Waals surface area contributed by atoms with Crippen LogP contribution in [0.5, 0.6) is 0 Å². The van der Waals surface area contributed by atoms with Crippen molar-refractivity contribution in [1.29, 1.82) is 0 Å². The molecular formula is C19H27N3O. The summed E-state index contributed by atoms with van der Waals surface area (Å²) >= 11 is 0. The first-order chi connectivity index (χ1) is 11.2. The number of hydrogen-bond donors (Lipinski definition) is 1. The molecule has 0 aromatic carbocycles. The molecule has 0 aliphatic heterocycles. The lowest BCUT2D eigenvalue weighted by Crippen LogP contribution is -2.26. The Bertz CT molecular complexity index is 656. The monoisotopic (exact) mass is 313 g/mol. The van der Waals surface area contributed by atoms with E-state index in [1.807, 2.05) is 35.9 Å². The molecule has 0 bridgehead atoms. The van der Waals surface area contributed by atoms with Crippen molar-refractivity contribution in [2.24, 2.45) is 5.92 Å². The summed E-state index contributed by atoms with van der Waals surface area (Å²) in [4.78, 5) is 16.6. The fraction of sp³-hybridized carbons (Fsp3) is 0.579. The van der Waals surface area contributed by atoms with Gasteiger partial charge in [-0.1, -0.05) is 38.2 Å². The summed E-state index contributed by atoms with van der Waals surface area (Å²) in [6.07, 6.45) is 13.6. The molecule has 2 aromatic rings. The van der Waals surface area contributed by atoms with Crippen LogP contribution < -0.4 is 5.32 Å². The van der Waals surface area contributed by atoms with E-state index in [9.17, 15) is 4.79 Å². The molecular weight excluding hydrogens is 286 g/mol. The van der Waals surface area contributed by atoms with Gasteiger partial charge in [0.25, 0.3) is 0 Å². The minimum atomic E-state index is 0.0784. The van der Waals surface area contributed by atoms with Gasteiger partial charge < -0.3 is 9.72 Å². The second kappa shape index (κ2) is 7.62. The highest BCUT2D eigenvalue weighted by atomic mass is 16.1. The van der Waals surface area contributed by atoms with E-state index in [4.69, 9.17) is 0 Å². The van der Waals surface area contributed by atoms with Gasteiger partial charge in [0.15, 0.2) is 0 Å². The molecule has 0 radical (unpaired) electrons. The van der Waals surface area contributed by atoms with Crippen molar-refractivity contribution in [3.8, 4) is 0 Å². The van der Waals surface area contributed by atoms with Gasteiger partial charge in [0.1, 0.15) is 5.65 Å². The van der Waals surface area contributed by atoms with Gasteiger partial charge in [-0.05, 0) is 37.3 Å². The highest BCUT2D eigenvalue weighted by molar-refractivity contribution is 5.78. The van der Waals surface area contributed by atoms with Crippen molar-refractivity contribution in [3.05, 3.63) is 35.8 Å². The molecule has 4 nitrogen and oxygen atoms in total. The zero-order chi connectivity index (χ0) is 16.1. The van der Waals surface area contributed by atoms with Gasteiger partial charge >= 0.3 is 0 Å². The lowest BCUT2D eigenvalue weighted by molar-refractivity contribution is -0.120. The van der Waals surface area contributed by atoms with Gasteiger partial charge in [-0.2, -0.15) is 0 Å². The number of aryl methyl sites for hydroxylation is 1. The maximum Gasteiger partial charge on any atom is 0.226 e. The number of amides is 1. The molecule has 0 atom stereocenters. The first kappa shape index (κ1) is 16.0. The minimum absolute atomic E-state index is 0.0784. The fourth-order valence-corrected chi connectivity index (χ4v) is 3.61. The van der Waals surface area contributed by atoms with Crippen LogP contribution in [0, 0.1) is 12.8 Å². The third-order valence-corrected chi connectivity index (χ3v) is 4.91. The zero-order valence-electron chi connectivity index (χ0n) is 14.1. The Morgan fingerprint density at radius 2 is 2.17 bits per heavy atom. The molecule has 1 aliphatic carbocycles. The molecule has 2 aromatic heterocycles. The van der Waals surface area contributed by atoms with Gasteiger partial charge in [-0.25, -0.2) is 4.98 Å². The van der Waals surface area contributed by atoms with Gasteiger partial charge in [0, 0.05) is 18.9 Å². The summed E-state index contributed by atoms with van der Waals surface area (Å²) in [6, 6.07) is 4.04. The Kier molecular flexibility index (Phi) is 5.31. The predicted molar refractivity (Wildman–Crippen MR) is 92.5 cm³/mol. The summed E-state index contributed by atoms with van der Waals surface area (Å²) in [5.74, 6) is 0.969. The molecule has 4 heteroatoms. The van der Waals surface area contributed by atoms with Gasteiger partial charge in [0.2, 0.25) is 5.91 Å². The molecule has 1 N–H and O–H groups in total. The summed E-state index contributed by atoms with van der Waals surface area (Å²) in [7, 11) is 0. The van der Waals surface area contributed by atoms with E-state index in [1.165, 1.54) is 38.5 Å². The van der Waals surface area contributed by atoms with Crippen molar-refractivity contribution < 1.29 is 4.79 Å². The van der Waals surface area contributed by atoms with E-state index in [0.29, 0.717) is 6.42 Å². The molecule has 23 heavy (non-hydrogen) atoms.